The number of alkyl halides is 1. The number of aryl methyl sites for hydroxylation is 6. The highest BCUT2D eigenvalue weighted by molar-refractivity contribution is 9.18. The summed E-state index contributed by atoms with van der Waals surface area (Å²) in [6.45, 7) is 18.1. The zero-order chi connectivity index (χ0) is 24.7. The largest absolute Gasteiger partial charge is 0.286 e. The molecule has 0 bridgehead atoms. The van der Waals surface area contributed by atoms with Crippen LogP contribution < -0.4 is 4.90 Å². The third-order valence-corrected chi connectivity index (χ3v) is 8.44. The Bertz CT molecular complexity index is 1060. The lowest BCUT2D eigenvalue weighted by molar-refractivity contribution is -0.429. The summed E-state index contributed by atoms with van der Waals surface area (Å²) in [5, 5.41) is 0. The number of hydrogen-bond donors (Lipinski definition) is 0. The fourth-order valence-electron chi connectivity index (χ4n) is 5.40. The molecule has 1 heterocycles. The van der Waals surface area contributed by atoms with Gasteiger partial charge in [0.05, 0.1) is 0 Å². The second-order valence-electron chi connectivity index (χ2n) is 10.5. The Kier molecular flexibility index (Phi) is 7.95. The van der Waals surface area contributed by atoms with Crippen molar-refractivity contribution in [2.45, 2.75) is 79.1 Å². The van der Waals surface area contributed by atoms with Crippen molar-refractivity contribution >= 4 is 54.3 Å². The van der Waals surface area contributed by atoms with E-state index in [2.05, 4.69) is 113 Å². The topological polar surface area (TPSA) is 23.3 Å². The highest BCUT2D eigenvalue weighted by Crippen LogP contribution is 2.36. The molecule has 178 valence electrons. The van der Waals surface area contributed by atoms with Crippen LogP contribution in [0.5, 0.6) is 0 Å². The molecule has 0 N–H and O–H groups in total. The number of halogens is 2. The second-order valence-corrected chi connectivity index (χ2v) is 12.5. The quantitative estimate of drug-likeness (QED) is 0.192. The van der Waals surface area contributed by atoms with Crippen LogP contribution in [-0.2, 0) is 4.79 Å². The molecule has 33 heavy (non-hydrogen) atoms. The molecular formula is C28H37Br2N2O+. The van der Waals surface area contributed by atoms with Crippen molar-refractivity contribution in [1.82, 2.24) is 0 Å². The molecule has 0 fully saturated rings. The Morgan fingerprint density at radius 1 is 1.00 bits per heavy atom. The van der Waals surface area contributed by atoms with E-state index in [1.165, 1.54) is 44.8 Å². The van der Waals surface area contributed by atoms with Crippen LogP contribution >= 0.6 is 31.9 Å². The van der Waals surface area contributed by atoms with Gasteiger partial charge in [-0.2, -0.15) is 0 Å². The number of carbonyl (C=O) groups is 1. The van der Waals surface area contributed by atoms with E-state index < -0.39 is 5.41 Å². The number of anilines is 1. The SMILES string of the molecule is Cc1cc(C)c(N2C=[N+](c3c(C)cc(C)cc3C)CC2CC(Br)CC(C)(C)C(=O)Br)c(C)c1. The summed E-state index contributed by atoms with van der Waals surface area (Å²) in [4.78, 5) is 14.8. The molecule has 0 amide bonds. The summed E-state index contributed by atoms with van der Waals surface area (Å²) in [5.74, 6) is 0. The van der Waals surface area contributed by atoms with E-state index in [-0.39, 0.29) is 9.52 Å². The Morgan fingerprint density at radius 3 is 1.97 bits per heavy atom. The lowest BCUT2D eigenvalue weighted by Gasteiger charge is -2.26. The molecule has 0 radical (unpaired) electrons. The maximum absolute atomic E-state index is 12.1. The van der Waals surface area contributed by atoms with Crippen molar-refractivity contribution in [3.8, 4) is 0 Å². The first kappa shape index (κ1) is 26.2. The van der Waals surface area contributed by atoms with Gasteiger partial charge in [0, 0.05) is 16.7 Å². The first-order valence-corrected chi connectivity index (χ1v) is 13.4. The van der Waals surface area contributed by atoms with Gasteiger partial charge in [0.25, 0.3) is 0 Å². The minimum absolute atomic E-state index is 0.0621. The van der Waals surface area contributed by atoms with E-state index in [9.17, 15) is 4.79 Å². The van der Waals surface area contributed by atoms with Crippen LogP contribution in [0.3, 0.4) is 0 Å². The van der Waals surface area contributed by atoms with E-state index in [1.807, 2.05) is 13.8 Å². The number of carbonyl (C=O) groups excluding carboxylic acids is 1. The summed E-state index contributed by atoms with van der Waals surface area (Å²) in [7, 11) is 0. The van der Waals surface area contributed by atoms with Crippen molar-refractivity contribution in [3.63, 3.8) is 0 Å². The molecule has 5 heteroatoms. The monoisotopic (exact) mass is 575 g/mol. The molecule has 3 nitrogen and oxygen atoms in total. The lowest BCUT2D eigenvalue weighted by Crippen LogP contribution is -2.36. The summed E-state index contributed by atoms with van der Waals surface area (Å²) in [5.41, 5.74) is 10.0. The van der Waals surface area contributed by atoms with Crippen LogP contribution in [-0.4, -0.2) is 33.0 Å². The first-order chi connectivity index (χ1) is 15.3. The normalized spacial score (nSPS) is 17.3. The molecule has 3 rings (SSSR count). The van der Waals surface area contributed by atoms with E-state index >= 15 is 0 Å². The van der Waals surface area contributed by atoms with Crippen LogP contribution in [0.15, 0.2) is 24.3 Å². The summed E-state index contributed by atoms with van der Waals surface area (Å²) in [6, 6.07) is 9.39. The summed E-state index contributed by atoms with van der Waals surface area (Å²) in [6.07, 6.45) is 4.05. The maximum Gasteiger partial charge on any atom is 0.245 e. The van der Waals surface area contributed by atoms with Crippen LogP contribution in [0.1, 0.15) is 60.1 Å². The van der Waals surface area contributed by atoms with Crippen molar-refractivity contribution < 1.29 is 9.37 Å². The zero-order valence-corrected chi connectivity index (χ0v) is 24.4. The number of rotatable bonds is 7. The van der Waals surface area contributed by atoms with Crippen molar-refractivity contribution in [2.24, 2.45) is 5.41 Å². The molecule has 0 saturated carbocycles. The number of nitrogens with zero attached hydrogens (tertiary/aromatic N) is 2. The van der Waals surface area contributed by atoms with Gasteiger partial charge in [0.15, 0.2) is 0 Å². The van der Waals surface area contributed by atoms with Gasteiger partial charge >= 0.3 is 0 Å². The van der Waals surface area contributed by atoms with E-state index in [1.54, 1.807) is 0 Å². The third-order valence-electron chi connectivity index (χ3n) is 6.67. The zero-order valence-electron chi connectivity index (χ0n) is 21.2. The molecule has 2 atom stereocenters. The van der Waals surface area contributed by atoms with Crippen molar-refractivity contribution in [3.05, 3.63) is 57.6 Å². The molecule has 2 aromatic rings. The molecular weight excluding hydrogens is 540 g/mol. The number of hydrogen-bond acceptors (Lipinski definition) is 2. The van der Waals surface area contributed by atoms with Gasteiger partial charge in [-0.05, 0) is 86.1 Å². The van der Waals surface area contributed by atoms with Gasteiger partial charge in [0.1, 0.15) is 24.0 Å². The van der Waals surface area contributed by atoms with Gasteiger partial charge in [-0.15, -0.1) is 0 Å². The lowest BCUT2D eigenvalue weighted by atomic mass is 9.88. The van der Waals surface area contributed by atoms with Crippen LogP contribution in [0, 0.1) is 47.0 Å². The Hall–Kier alpha value is -1.46. The average molecular weight is 577 g/mol. The first-order valence-electron chi connectivity index (χ1n) is 11.7. The molecule has 2 aromatic carbocycles. The summed E-state index contributed by atoms with van der Waals surface area (Å²) < 4.78 is 2.49. The van der Waals surface area contributed by atoms with Crippen LogP contribution in [0.25, 0.3) is 0 Å². The van der Waals surface area contributed by atoms with Gasteiger partial charge in [-0.25, -0.2) is 9.48 Å². The number of benzene rings is 2. The van der Waals surface area contributed by atoms with Crippen molar-refractivity contribution in [2.75, 3.05) is 11.4 Å². The fraction of sp³-hybridized carbons (Fsp3) is 0.500. The molecule has 1 aliphatic rings. The fourth-order valence-corrected chi connectivity index (χ4v) is 6.80. The minimum Gasteiger partial charge on any atom is -0.286 e. The summed E-state index contributed by atoms with van der Waals surface area (Å²) >= 11 is 7.11. The predicted molar refractivity (Wildman–Crippen MR) is 148 cm³/mol. The standard InChI is InChI=1S/C28H37Br2N2O/c1-17-9-19(3)25(20(4)10-17)31-15-24(13-23(29)14-28(7,8)27(30)33)32(16-31)26-21(5)11-18(2)12-22(26)6/h9-12,16,23-24H,13-15H2,1-8H3/q+1. The molecule has 1 aliphatic heterocycles. The van der Waals surface area contributed by atoms with Gasteiger partial charge < -0.3 is 0 Å². The third kappa shape index (κ3) is 5.79. The van der Waals surface area contributed by atoms with Gasteiger partial charge in [-0.1, -0.05) is 65.2 Å². The molecule has 0 aromatic heterocycles. The van der Waals surface area contributed by atoms with E-state index in [0.29, 0.717) is 6.04 Å². The Labute approximate surface area is 216 Å². The van der Waals surface area contributed by atoms with Gasteiger partial charge in [-0.3, -0.25) is 4.79 Å². The van der Waals surface area contributed by atoms with Crippen molar-refractivity contribution in [1.29, 1.82) is 0 Å². The predicted octanol–water partition coefficient (Wildman–Crippen LogP) is 7.59. The molecule has 0 spiro atoms. The average Bonchev–Trinajstić information content (AvgIpc) is 3.01. The van der Waals surface area contributed by atoms with Crippen LogP contribution in [0.4, 0.5) is 11.4 Å². The van der Waals surface area contributed by atoms with Gasteiger partial charge in [0.2, 0.25) is 11.0 Å². The Balaban J connectivity index is 2.02. The van der Waals surface area contributed by atoms with E-state index in [0.717, 1.165) is 19.4 Å². The van der Waals surface area contributed by atoms with E-state index in [4.69, 9.17) is 0 Å². The highest BCUT2D eigenvalue weighted by atomic mass is 79.9. The van der Waals surface area contributed by atoms with Crippen LogP contribution in [0.2, 0.25) is 0 Å². The highest BCUT2D eigenvalue weighted by Gasteiger charge is 2.39. The minimum atomic E-state index is -0.402. The molecule has 0 aliphatic carbocycles. The second kappa shape index (κ2) is 10.0. The maximum atomic E-state index is 12.1. The molecule has 2 unspecified atom stereocenters. The molecule has 0 saturated heterocycles. The Morgan fingerprint density at radius 2 is 1.48 bits per heavy atom. The smallest absolute Gasteiger partial charge is 0.245 e.